The van der Waals surface area contributed by atoms with Gasteiger partial charge in [0.2, 0.25) is 0 Å². The highest BCUT2D eigenvalue weighted by Gasteiger charge is 2.26. The minimum Gasteiger partial charge on any atom is -0.440 e. The molecule has 0 radical (unpaired) electrons. The number of nitrogens with zero attached hydrogens (tertiary/aromatic N) is 5. The lowest BCUT2D eigenvalue weighted by atomic mass is 9.98. The zero-order valence-electron chi connectivity index (χ0n) is 15.0. The van der Waals surface area contributed by atoms with Crippen LogP contribution in [-0.4, -0.2) is 37.7 Å². The molecule has 1 fully saturated rings. The Hall–Kier alpha value is -2.21. The molecule has 132 valence electrons. The van der Waals surface area contributed by atoms with Crippen molar-refractivity contribution < 1.29 is 4.42 Å². The summed E-state index contributed by atoms with van der Waals surface area (Å²) < 4.78 is 8.24. The van der Waals surface area contributed by atoms with Crippen LogP contribution < -0.4 is 0 Å². The molecule has 0 N–H and O–H groups in total. The number of aromatic nitrogens is 4. The Kier molecular flexibility index (Phi) is 4.53. The van der Waals surface area contributed by atoms with Gasteiger partial charge in [0.05, 0.1) is 6.54 Å². The number of rotatable bonds is 5. The molecular weight excluding hydrogens is 314 g/mol. The number of hydrogen-bond donors (Lipinski definition) is 0. The third kappa shape index (κ3) is 3.31. The fourth-order valence-corrected chi connectivity index (χ4v) is 3.72. The summed E-state index contributed by atoms with van der Waals surface area (Å²) in [6, 6.07) is 8.00. The van der Waals surface area contributed by atoms with Gasteiger partial charge in [0.1, 0.15) is 17.2 Å². The lowest BCUT2D eigenvalue weighted by Crippen LogP contribution is -2.35. The van der Waals surface area contributed by atoms with Gasteiger partial charge >= 0.3 is 0 Å². The molecule has 1 unspecified atom stereocenters. The summed E-state index contributed by atoms with van der Waals surface area (Å²) in [6.45, 7) is 8.10. The van der Waals surface area contributed by atoms with Crippen LogP contribution in [0.2, 0.25) is 0 Å². The predicted octanol–water partition coefficient (Wildman–Crippen LogP) is 3.52. The maximum atomic E-state index is 6.00. The van der Waals surface area contributed by atoms with E-state index in [4.69, 9.17) is 9.40 Å². The van der Waals surface area contributed by atoms with Crippen LogP contribution in [0.1, 0.15) is 49.6 Å². The predicted molar refractivity (Wildman–Crippen MR) is 96.3 cm³/mol. The minimum atomic E-state index is 0.352. The minimum absolute atomic E-state index is 0.352. The Balaban J connectivity index is 1.49. The first kappa shape index (κ1) is 16.3. The van der Waals surface area contributed by atoms with Gasteiger partial charge in [-0.2, -0.15) is 0 Å². The van der Waals surface area contributed by atoms with E-state index in [0.717, 1.165) is 74.1 Å². The van der Waals surface area contributed by atoms with Crippen molar-refractivity contribution in [3.63, 3.8) is 0 Å². The molecule has 3 heterocycles. The molecule has 1 aliphatic rings. The zero-order valence-corrected chi connectivity index (χ0v) is 15.0. The Morgan fingerprint density at radius 3 is 2.96 bits per heavy atom. The summed E-state index contributed by atoms with van der Waals surface area (Å²) in [7, 11) is 0. The van der Waals surface area contributed by atoms with E-state index in [1.54, 1.807) is 0 Å². The van der Waals surface area contributed by atoms with Gasteiger partial charge in [0, 0.05) is 19.0 Å². The van der Waals surface area contributed by atoms with Crippen molar-refractivity contribution >= 4 is 11.1 Å². The molecule has 0 saturated carbocycles. The standard InChI is InChI=1S/C19H25N5O/c1-3-10-24-14(2)21-22-18(24)13-23-11-6-7-15(12-23)19-20-16-8-4-5-9-17(16)25-19/h4-5,8-9,15H,3,6-7,10-13H2,1-2H3. The van der Waals surface area contributed by atoms with Crippen LogP contribution in [0.15, 0.2) is 28.7 Å². The Bertz CT molecular complexity index is 819. The van der Waals surface area contributed by atoms with Gasteiger partial charge in [0.25, 0.3) is 0 Å². The lowest BCUT2D eigenvalue weighted by Gasteiger charge is -2.30. The highest BCUT2D eigenvalue weighted by atomic mass is 16.3. The molecule has 1 atom stereocenters. The van der Waals surface area contributed by atoms with Crippen molar-refractivity contribution in [2.45, 2.75) is 52.1 Å². The topological polar surface area (TPSA) is 60.0 Å². The summed E-state index contributed by atoms with van der Waals surface area (Å²) >= 11 is 0. The normalized spacial score (nSPS) is 18.9. The molecule has 0 bridgehead atoms. The number of para-hydroxylation sites is 2. The molecular formula is C19H25N5O. The average Bonchev–Trinajstić information content (AvgIpc) is 3.21. The van der Waals surface area contributed by atoms with E-state index in [0.29, 0.717) is 5.92 Å². The fraction of sp³-hybridized carbons (Fsp3) is 0.526. The van der Waals surface area contributed by atoms with Gasteiger partial charge in [-0.15, -0.1) is 10.2 Å². The molecule has 1 aliphatic heterocycles. The molecule has 1 saturated heterocycles. The van der Waals surface area contributed by atoms with Gasteiger partial charge in [-0.1, -0.05) is 19.1 Å². The quantitative estimate of drug-likeness (QED) is 0.712. The van der Waals surface area contributed by atoms with Crippen molar-refractivity contribution in [3.05, 3.63) is 41.8 Å². The maximum absolute atomic E-state index is 6.00. The summed E-state index contributed by atoms with van der Waals surface area (Å²) in [5, 5.41) is 8.66. The number of piperidine rings is 1. The van der Waals surface area contributed by atoms with Gasteiger partial charge in [-0.25, -0.2) is 4.98 Å². The monoisotopic (exact) mass is 339 g/mol. The Labute approximate surface area is 147 Å². The van der Waals surface area contributed by atoms with Gasteiger partial charge < -0.3 is 8.98 Å². The van der Waals surface area contributed by atoms with E-state index in [9.17, 15) is 0 Å². The number of hydrogen-bond acceptors (Lipinski definition) is 5. The molecule has 0 aliphatic carbocycles. The van der Waals surface area contributed by atoms with Crippen LogP contribution >= 0.6 is 0 Å². The van der Waals surface area contributed by atoms with E-state index in [-0.39, 0.29) is 0 Å². The largest absolute Gasteiger partial charge is 0.440 e. The number of oxazole rings is 1. The Morgan fingerprint density at radius 2 is 2.12 bits per heavy atom. The zero-order chi connectivity index (χ0) is 17.2. The van der Waals surface area contributed by atoms with Crippen molar-refractivity contribution in [1.29, 1.82) is 0 Å². The summed E-state index contributed by atoms with van der Waals surface area (Å²) in [5.41, 5.74) is 1.83. The van der Waals surface area contributed by atoms with Crippen LogP contribution in [-0.2, 0) is 13.1 Å². The lowest BCUT2D eigenvalue weighted by molar-refractivity contribution is 0.181. The second kappa shape index (κ2) is 6.96. The summed E-state index contributed by atoms with van der Waals surface area (Å²) in [4.78, 5) is 7.16. The van der Waals surface area contributed by atoms with Crippen molar-refractivity contribution in [1.82, 2.24) is 24.6 Å². The van der Waals surface area contributed by atoms with Crippen LogP contribution in [0.3, 0.4) is 0 Å². The number of aryl methyl sites for hydroxylation is 1. The highest BCUT2D eigenvalue weighted by Crippen LogP contribution is 2.29. The van der Waals surface area contributed by atoms with Crippen molar-refractivity contribution in [3.8, 4) is 0 Å². The van der Waals surface area contributed by atoms with Crippen LogP contribution in [0.5, 0.6) is 0 Å². The smallest absolute Gasteiger partial charge is 0.199 e. The van der Waals surface area contributed by atoms with E-state index in [2.05, 4.69) is 26.6 Å². The second-order valence-corrected chi connectivity index (χ2v) is 6.91. The molecule has 6 nitrogen and oxygen atoms in total. The third-order valence-corrected chi connectivity index (χ3v) is 4.99. The highest BCUT2D eigenvalue weighted by molar-refractivity contribution is 5.72. The van der Waals surface area contributed by atoms with Gasteiger partial charge in [-0.05, 0) is 44.9 Å². The van der Waals surface area contributed by atoms with Crippen molar-refractivity contribution in [2.75, 3.05) is 13.1 Å². The van der Waals surface area contributed by atoms with E-state index < -0.39 is 0 Å². The van der Waals surface area contributed by atoms with Crippen molar-refractivity contribution in [2.24, 2.45) is 0 Å². The number of fused-ring (bicyclic) bond motifs is 1. The molecule has 2 aromatic heterocycles. The van der Waals surface area contributed by atoms with E-state index in [1.165, 1.54) is 0 Å². The van der Waals surface area contributed by atoms with Crippen LogP contribution in [0.4, 0.5) is 0 Å². The summed E-state index contributed by atoms with van der Waals surface area (Å²) in [5.74, 6) is 3.30. The Morgan fingerprint density at radius 1 is 1.24 bits per heavy atom. The van der Waals surface area contributed by atoms with Crippen LogP contribution in [0, 0.1) is 6.92 Å². The summed E-state index contributed by atoms with van der Waals surface area (Å²) in [6.07, 6.45) is 3.38. The average molecular weight is 339 g/mol. The molecule has 0 spiro atoms. The van der Waals surface area contributed by atoms with E-state index in [1.807, 2.05) is 31.2 Å². The first-order chi connectivity index (χ1) is 12.2. The van der Waals surface area contributed by atoms with E-state index >= 15 is 0 Å². The van der Waals surface area contributed by atoms with Gasteiger partial charge in [0.15, 0.2) is 11.5 Å². The van der Waals surface area contributed by atoms with Gasteiger partial charge in [-0.3, -0.25) is 4.90 Å². The molecule has 0 amide bonds. The molecule has 3 aromatic rings. The first-order valence-electron chi connectivity index (χ1n) is 9.21. The number of benzene rings is 1. The maximum Gasteiger partial charge on any atom is 0.199 e. The molecule has 25 heavy (non-hydrogen) atoms. The third-order valence-electron chi connectivity index (χ3n) is 4.99. The fourth-order valence-electron chi connectivity index (χ4n) is 3.72. The second-order valence-electron chi connectivity index (χ2n) is 6.91. The molecule has 4 rings (SSSR count). The SMILES string of the molecule is CCCn1c(C)nnc1CN1CCCC(c2nc3ccccc3o2)C1. The number of likely N-dealkylation sites (tertiary alicyclic amines) is 1. The molecule has 6 heteroatoms. The van der Waals surface area contributed by atoms with Crippen LogP contribution in [0.25, 0.3) is 11.1 Å². The molecule has 1 aromatic carbocycles. The first-order valence-corrected chi connectivity index (χ1v) is 9.21.